The summed E-state index contributed by atoms with van der Waals surface area (Å²) in [7, 11) is 0. The van der Waals surface area contributed by atoms with E-state index in [9.17, 15) is 4.79 Å². The number of nitrogens with zero attached hydrogens (tertiary/aromatic N) is 5. The number of aromatic nitrogens is 5. The average molecular weight is 396 g/mol. The molecule has 3 heterocycles. The number of carbonyl (C=O) groups excluding carboxylic acids is 1. The second-order valence-electron chi connectivity index (χ2n) is 6.30. The Labute approximate surface area is 166 Å². The van der Waals surface area contributed by atoms with E-state index in [0.29, 0.717) is 28.8 Å². The van der Waals surface area contributed by atoms with E-state index in [1.54, 1.807) is 23.1 Å². The summed E-state index contributed by atoms with van der Waals surface area (Å²) in [5.74, 6) is 0.219. The topological polar surface area (TPSA) is 94.8 Å². The summed E-state index contributed by atoms with van der Waals surface area (Å²) in [6.07, 6.45) is 5.45. The Balaban J connectivity index is 1.56. The van der Waals surface area contributed by atoms with Crippen molar-refractivity contribution >= 4 is 17.7 Å². The molecule has 9 heteroatoms. The fourth-order valence-electron chi connectivity index (χ4n) is 2.97. The Kier molecular flexibility index (Phi) is 5.93. The molecule has 2 aromatic heterocycles. The van der Waals surface area contributed by atoms with Gasteiger partial charge in [-0.3, -0.25) is 4.79 Å². The number of ether oxygens (including phenoxy) is 1. The number of nitrogens with one attached hydrogen (secondary N) is 1. The lowest BCUT2D eigenvalue weighted by Crippen LogP contribution is -2.32. The highest BCUT2D eigenvalue weighted by Gasteiger charge is 2.23. The van der Waals surface area contributed by atoms with Gasteiger partial charge in [0.1, 0.15) is 0 Å². The lowest BCUT2D eigenvalue weighted by Gasteiger charge is -2.11. The third-order valence-corrected chi connectivity index (χ3v) is 5.26. The number of hydrogen-bond acceptors (Lipinski definition) is 7. The van der Waals surface area contributed by atoms with Crippen LogP contribution < -0.4 is 5.32 Å². The number of hydrogen-bond donors (Lipinski definition) is 1. The summed E-state index contributed by atoms with van der Waals surface area (Å²) in [4.78, 5) is 21.2. The standard InChI is InChI=1S/C19H20N6O2S/c26-18(22-12-15-8-4-11-27-15)17-16(13-28-19-20-9-5-10-21-19)25(24-23-17)14-6-2-1-3-7-14/h1-3,5-7,9-10,15H,4,8,11-13H2,(H,22,26). The van der Waals surface area contributed by atoms with Crippen LogP contribution in [0, 0.1) is 0 Å². The summed E-state index contributed by atoms with van der Waals surface area (Å²) in [6, 6.07) is 11.4. The molecule has 0 radical (unpaired) electrons. The van der Waals surface area contributed by atoms with Gasteiger partial charge in [0.25, 0.3) is 5.91 Å². The Bertz CT molecular complexity index is 913. The predicted molar refractivity (Wildman–Crippen MR) is 104 cm³/mol. The van der Waals surface area contributed by atoms with Crippen molar-refractivity contribution in [3.63, 3.8) is 0 Å². The van der Waals surface area contributed by atoms with Crippen molar-refractivity contribution in [3.8, 4) is 5.69 Å². The summed E-state index contributed by atoms with van der Waals surface area (Å²) in [5, 5.41) is 11.9. The van der Waals surface area contributed by atoms with Crippen molar-refractivity contribution in [2.45, 2.75) is 29.9 Å². The van der Waals surface area contributed by atoms with Crippen molar-refractivity contribution in [1.82, 2.24) is 30.3 Å². The van der Waals surface area contributed by atoms with Crippen LogP contribution in [0.25, 0.3) is 5.69 Å². The first-order valence-electron chi connectivity index (χ1n) is 9.11. The maximum Gasteiger partial charge on any atom is 0.273 e. The number of amides is 1. The zero-order valence-electron chi connectivity index (χ0n) is 15.2. The Morgan fingerprint density at radius 1 is 1.21 bits per heavy atom. The quantitative estimate of drug-likeness (QED) is 0.483. The Morgan fingerprint density at radius 2 is 2.04 bits per heavy atom. The SMILES string of the molecule is O=C(NCC1CCCO1)c1nnn(-c2ccccc2)c1CSc1ncccn1. The summed E-state index contributed by atoms with van der Waals surface area (Å²) in [5.41, 5.74) is 1.86. The van der Waals surface area contributed by atoms with Crippen LogP contribution >= 0.6 is 11.8 Å². The molecule has 0 aliphatic carbocycles. The van der Waals surface area contributed by atoms with E-state index in [4.69, 9.17) is 4.74 Å². The molecule has 144 valence electrons. The molecule has 1 N–H and O–H groups in total. The smallest absolute Gasteiger partial charge is 0.273 e. The van der Waals surface area contributed by atoms with E-state index < -0.39 is 0 Å². The number of rotatable bonds is 7. The van der Waals surface area contributed by atoms with Crippen molar-refractivity contribution in [1.29, 1.82) is 0 Å². The molecule has 0 bridgehead atoms. The van der Waals surface area contributed by atoms with Crippen molar-refractivity contribution in [2.24, 2.45) is 0 Å². The first-order chi connectivity index (χ1) is 13.8. The normalized spacial score (nSPS) is 16.2. The van der Waals surface area contributed by atoms with E-state index in [2.05, 4.69) is 25.6 Å². The maximum absolute atomic E-state index is 12.8. The lowest BCUT2D eigenvalue weighted by atomic mass is 10.2. The van der Waals surface area contributed by atoms with Gasteiger partial charge in [-0.05, 0) is 31.0 Å². The molecule has 8 nitrogen and oxygen atoms in total. The summed E-state index contributed by atoms with van der Waals surface area (Å²) >= 11 is 1.43. The Hall–Kier alpha value is -2.78. The van der Waals surface area contributed by atoms with Crippen LogP contribution in [0.4, 0.5) is 0 Å². The summed E-state index contributed by atoms with van der Waals surface area (Å²) in [6.45, 7) is 1.23. The minimum Gasteiger partial charge on any atom is -0.376 e. The third-order valence-electron chi connectivity index (χ3n) is 4.37. The Morgan fingerprint density at radius 3 is 2.79 bits per heavy atom. The van der Waals surface area contributed by atoms with Crippen LogP contribution in [-0.2, 0) is 10.5 Å². The highest BCUT2D eigenvalue weighted by Crippen LogP contribution is 2.22. The molecule has 1 aromatic carbocycles. The van der Waals surface area contributed by atoms with Crippen molar-refractivity contribution in [2.75, 3.05) is 13.2 Å². The van der Waals surface area contributed by atoms with Gasteiger partial charge in [-0.25, -0.2) is 14.6 Å². The molecule has 0 spiro atoms. The highest BCUT2D eigenvalue weighted by atomic mass is 32.2. The van der Waals surface area contributed by atoms with E-state index in [0.717, 1.165) is 25.1 Å². The maximum atomic E-state index is 12.8. The second-order valence-corrected chi connectivity index (χ2v) is 7.24. The van der Waals surface area contributed by atoms with Gasteiger partial charge < -0.3 is 10.1 Å². The third kappa shape index (κ3) is 4.37. The molecule has 1 unspecified atom stereocenters. The second kappa shape index (κ2) is 8.94. The van der Waals surface area contributed by atoms with Gasteiger partial charge in [0.2, 0.25) is 0 Å². The molecular weight excluding hydrogens is 376 g/mol. The van der Waals surface area contributed by atoms with Crippen LogP contribution in [0.5, 0.6) is 0 Å². The molecule has 28 heavy (non-hydrogen) atoms. The molecule has 0 saturated carbocycles. The van der Waals surface area contributed by atoms with Crippen LogP contribution in [0.15, 0.2) is 53.9 Å². The van der Waals surface area contributed by atoms with Crippen LogP contribution in [-0.4, -0.2) is 50.1 Å². The largest absolute Gasteiger partial charge is 0.376 e. The molecule has 1 amide bonds. The summed E-state index contributed by atoms with van der Waals surface area (Å²) < 4.78 is 7.26. The number of thioether (sulfide) groups is 1. The molecule has 1 aliphatic rings. The van der Waals surface area contributed by atoms with Crippen molar-refractivity contribution < 1.29 is 9.53 Å². The van der Waals surface area contributed by atoms with E-state index in [1.807, 2.05) is 30.3 Å². The number of para-hydroxylation sites is 1. The fraction of sp³-hybridized carbons (Fsp3) is 0.316. The van der Waals surface area contributed by atoms with E-state index >= 15 is 0 Å². The molecule has 1 saturated heterocycles. The highest BCUT2D eigenvalue weighted by molar-refractivity contribution is 7.98. The first-order valence-corrected chi connectivity index (χ1v) is 10.1. The van der Waals surface area contributed by atoms with Crippen LogP contribution in [0.1, 0.15) is 29.0 Å². The van der Waals surface area contributed by atoms with Crippen molar-refractivity contribution in [3.05, 3.63) is 60.2 Å². The van der Waals surface area contributed by atoms with Gasteiger partial charge in [0.15, 0.2) is 10.9 Å². The molecule has 1 fully saturated rings. The van der Waals surface area contributed by atoms with Gasteiger partial charge in [-0.2, -0.15) is 0 Å². The predicted octanol–water partition coefficient (Wildman–Crippen LogP) is 2.26. The van der Waals surface area contributed by atoms with E-state index in [-0.39, 0.29) is 12.0 Å². The molecular formula is C19H20N6O2S. The zero-order valence-corrected chi connectivity index (χ0v) is 16.0. The van der Waals surface area contributed by atoms with E-state index in [1.165, 1.54) is 11.8 Å². The van der Waals surface area contributed by atoms with Gasteiger partial charge in [-0.15, -0.1) is 5.10 Å². The fourth-order valence-corrected chi connectivity index (χ4v) is 3.77. The minimum atomic E-state index is -0.248. The average Bonchev–Trinajstić information content (AvgIpc) is 3.42. The van der Waals surface area contributed by atoms with Gasteiger partial charge >= 0.3 is 0 Å². The molecule has 4 rings (SSSR count). The van der Waals surface area contributed by atoms with Crippen LogP contribution in [0.3, 0.4) is 0 Å². The molecule has 1 aliphatic heterocycles. The minimum absolute atomic E-state index is 0.0728. The molecule has 3 aromatic rings. The van der Waals surface area contributed by atoms with Gasteiger partial charge in [-0.1, -0.05) is 35.2 Å². The monoisotopic (exact) mass is 396 g/mol. The first kappa shape index (κ1) is 18.6. The number of benzene rings is 1. The lowest BCUT2D eigenvalue weighted by molar-refractivity contribution is 0.0853. The van der Waals surface area contributed by atoms with Crippen LogP contribution in [0.2, 0.25) is 0 Å². The zero-order chi connectivity index (χ0) is 19.2. The number of carbonyl (C=O) groups is 1. The van der Waals surface area contributed by atoms with Gasteiger partial charge in [0, 0.05) is 31.3 Å². The van der Waals surface area contributed by atoms with Gasteiger partial charge in [0.05, 0.1) is 17.5 Å². The molecule has 1 atom stereocenters.